The minimum absolute atomic E-state index is 0.289. The normalized spacial score (nSPS) is 10.4. The molecule has 1 aromatic carbocycles. The van der Waals surface area contributed by atoms with Crippen LogP contribution in [-0.4, -0.2) is 35.2 Å². The summed E-state index contributed by atoms with van der Waals surface area (Å²) >= 11 is 0. The van der Waals surface area contributed by atoms with E-state index in [2.05, 4.69) is 9.72 Å². The van der Waals surface area contributed by atoms with Gasteiger partial charge in [0.2, 0.25) is 0 Å². The van der Waals surface area contributed by atoms with Crippen LogP contribution in [0, 0.1) is 0 Å². The molecule has 0 atom stereocenters. The molecule has 0 saturated carbocycles. The molecule has 0 fully saturated rings. The zero-order valence-electron chi connectivity index (χ0n) is 8.60. The first-order valence-electron chi connectivity index (χ1n) is 4.69. The number of rotatable bonds is 2. The molecule has 5 nitrogen and oxygen atoms in total. The molecule has 82 valence electrons. The summed E-state index contributed by atoms with van der Waals surface area (Å²) in [6.07, 6.45) is 0. The first-order valence-corrected chi connectivity index (χ1v) is 4.69. The van der Waals surface area contributed by atoms with E-state index in [0.717, 1.165) is 10.9 Å². The first kappa shape index (κ1) is 10.7. The number of carbonyl (C=O) groups is 1. The predicted octanol–water partition coefficient (Wildman–Crippen LogP) is -0.366. The van der Waals surface area contributed by atoms with Gasteiger partial charge in [-0.3, -0.25) is 0 Å². The highest BCUT2D eigenvalue weighted by atomic mass is 16.5. The van der Waals surface area contributed by atoms with Crippen molar-refractivity contribution < 1.29 is 19.6 Å². The molecule has 0 radical (unpaired) electrons. The average molecular weight is 219 g/mol. The summed E-state index contributed by atoms with van der Waals surface area (Å²) in [5.41, 5.74) is 1.45. The van der Waals surface area contributed by atoms with Gasteiger partial charge in [-0.2, -0.15) is 0 Å². The molecule has 0 aliphatic carbocycles. The van der Waals surface area contributed by atoms with Gasteiger partial charge in [0.1, 0.15) is 0 Å². The smallest absolute Gasteiger partial charge is 0.465 e. The Morgan fingerprint density at radius 2 is 2.12 bits per heavy atom. The molecule has 0 aliphatic heterocycles. The molecule has 0 saturated heterocycles. The SMILES string of the molecule is COC(=O)c1ccc2[nH]c(B(O)O)cc2c1. The molecule has 0 bridgehead atoms. The number of benzene rings is 1. The van der Waals surface area contributed by atoms with E-state index in [1.165, 1.54) is 7.11 Å². The summed E-state index contributed by atoms with van der Waals surface area (Å²) in [5.74, 6) is -0.422. The number of hydrogen-bond acceptors (Lipinski definition) is 4. The molecule has 1 aromatic heterocycles. The highest BCUT2D eigenvalue weighted by molar-refractivity contribution is 6.58. The van der Waals surface area contributed by atoms with Crippen LogP contribution in [0.25, 0.3) is 10.9 Å². The van der Waals surface area contributed by atoms with E-state index in [0.29, 0.717) is 5.56 Å². The Morgan fingerprint density at radius 1 is 1.38 bits per heavy atom. The zero-order valence-corrected chi connectivity index (χ0v) is 8.60. The molecule has 0 amide bonds. The summed E-state index contributed by atoms with van der Waals surface area (Å²) in [4.78, 5) is 14.1. The number of H-pyrrole nitrogens is 1. The van der Waals surface area contributed by atoms with Crippen LogP contribution < -0.4 is 5.59 Å². The maximum atomic E-state index is 11.3. The largest absolute Gasteiger partial charge is 0.505 e. The minimum Gasteiger partial charge on any atom is -0.465 e. The summed E-state index contributed by atoms with van der Waals surface area (Å²) in [6.45, 7) is 0. The number of carbonyl (C=O) groups excluding carboxylic acids is 1. The van der Waals surface area contributed by atoms with Crippen LogP contribution in [0.4, 0.5) is 0 Å². The van der Waals surface area contributed by atoms with Crippen LogP contribution in [0.15, 0.2) is 24.3 Å². The third kappa shape index (κ3) is 1.80. The second-order valence-corrected chi connectivity index (χ2v) is 3.39. The van der Waals surface area contributed by atoms with E-state index >= 15 is 0 Å². The summed E-state index contributed by atoms with van der Waals surface area (Å²) in [5, 5.41) is 18.7. The lowest BCUT2D eigenvalue weighted by atomic mass is 9.86. The van der Waals surface area contributed by atoms with Gasteiger partial charge < -0.3 is 19.8 Å². The van der Waals surface area contributed by atoms with Gasteiger partial charge in [-0.15, -0.1) is 0 Å². The van der Waals surface area contributed by atoms with Gasteiger partial charge in [-0.05, 0) is 29.7 Å². The summed E-state index contributed by atoms with van der Waals surface area (Å²) in [7, 11) is -0.235. The van der Waals surface area contributed by atoms with Gasteiger partial charge in [0, 0.05) is 11.1 Å². The molecular formula is C10H10BNO4. The van der Waals surface area contributed by atoms with Crippen molar-refractivity contribution in [2.45, 2.75) is 0 Å². The van der Waals surface area contributed by atoms with E-state index in [4.69, 9.17) is 10.0 Å². The van der Waals surface area contributed by atoms with Gasteiger partial charge >= 0.3 is 13.1 Å². The molecule has 0 spiro atoms. The zero-order chi connectivity index (χ0) is 11.7. The van der Waals surface area contributed by atoms with Gasteiger partial charge in [0.05, 0.1) is 12.7 Å². The number of esters is 1. The van der Waals surface area contributed by atoms with Crippen molar-refractivity contribution in [1.82, 2.24) is 4.98 Å². The molecule has 2 aromatic rings. The average Bonchev–Trinajstić information content (AvgIpc) is 2.70. The number of methoxy groups -OCH3 is 1. The highest BCUT2D eigenvalue weighted by Gasteiger charge is 2.14. The Balaban J connectivity index is 2.49. The Morgan fingerprint density at radius 3 is 2.75 bits per heavy atom. The van der Waals surface area contributed by atoms with Crippen molar-refractivity contribution in [3.63, 3.8) is 0 Å². The minimum atomic E-state index is -1.55. The van der Waals surface area contributed by atoms with E-state index in [1.54, 1.807) is 24.3 Å². The molecule has 3 N–H and O–H groups in total. The van der Waals surface area contributed by atoms with Crippen LogP contribution >= 0.6 is 0 Å². The number of aromatic nitrogens is 1. The number of hydrogen-bond donors (Lipinski definition) is 3. The van der Waals surface area contributed by atoms with Crippen molar-refractivity contribution >= 4 is 29.6 Å². The maximum Gasteiger partial charge on any atom is 0.505 e. The third-order valence-electron chi connectivity index (χ3n) is 2.34. The Bertz CT molecular complexity index is 535. The lowest BCUT2D eigenvalue weighted by molar-refractivity contribution is 0.0601. The number of aromatic amines is 1. The van der Waals surface area contributed by atoms with E-state index < -0.39 is 13.1 Å². The Kier molecular flexibility index (Phi) is 2.68. The maximum absolute atomic E-state index is 11.3. The number of fused-ring (bicyclic) bond motifs is 1. The lowest BCUT2D eigenvalue weighted by Gasteiger charge is -1.98. The van der Waals surface area contributed by atoms with Crippen molar-refractivity contribution in [3.05, 3.63) is 29.8 Å². The lowest BCUT2D eigenvalue weighted by Crippen LogP contribution is -2.30. The third-order valence-corrected chi connectivity index (χ3v) is 2.34. The van der Waals surface area contributed by atoms with Gasteiger partial charge in [-0.25, -0.2) is 4.79 Å². The van der Waals surface area contributed by atoms with Crippen molar-refractivity contribution in [3.8, 4) is 0 Å². The van der Waals surface area contributed by atoms with Crippen LogP contribution in [0.1, 0.15) is 10.4 Å². The molecule has 0 aliphatic rings. The predicted molar refractivity (Wildman–Crippen MR) is 59.5 cm³/mol. The monoisotopic (exact) mass is 219 g/mol. The molecular weight excluding hydrogens is 209 g/mol. The molecule has 1 heterocycles. The quantitative estimate of drug-likeness (QED) is 0.475. The fourth-order valence-electron chi connectivity index (χ4n) is 1.54. The fraction of sp³-hybridized carbons (Fsp3) is 0.100. The molecule has 6 heteroatoms. The van der Waals surface area contributed by atoms with Crippen LogP contribution in [0.2, 0.25) is 0 Å². The van der Waals surface area contributed by atoms with Crippen molar-refractivity contribution in [2.75, 3.05) is 7.11 Å². The summed E-state index contributed by atoms with van der Waals surface area (Å²) < 4.78 is 4.59. The number of ether oxygens (including phenoxy) is 1. The van der Waals surface area contributed by atoms with Gasteiger partial charge in [0.25, 0.3) is 0 Å². The number of nitrogens with one attached hydrogen (secondary N) is 1. The van der Waals surface area contributed by atoms with Crippen molar-refractivity contribution in [1.29, 1.82) is 0 Å². The van der Waals surface area contributed by atoms with E-state index in [9.17, 15) is 4.79 Å². The van der Waals surface area contributed by atoms with Crippen LogP contribution in [0.5, 0.6) is 0 Å². The second kappa shape index (κ2) is 4.00. The molecule has 16 heavy (non-hydrogen) atoms. The molecule has 0 unspecified atom stereocenters. The van der Waals surface area contributed by atoms with Crippen molar-refractivity contribution in [2.24, 2.45) is 0 Å². The van der Waals surface area contributed by atoms with Gasteiger partial charge in [0.15, 0.2) is 0 Å². The Hall–Kier alpha value is -1.79. The van der Waals surface area contributed by atoms with Crippen LogP contribution in [0.3, 0.4) is 0 Å². The Labute approximate surface area is 91.8 Å². The first-order chi connectivity index (χ1) is 7.61. The molecule has 2 rings (SSSR count). The second-order valence-electron chi connectivity index (χ2n) is 3.39. The summed E-state index contributed by atoms with van der Waals surface area (Å²) in [6, 6.07) is 6.50. The highest BCUT2D eigenvalue weighted by Crippen LogP contribution is 2.14. The topological polar surface area (TPSA) is 82.6 Å². The van der Waals surface area contributed by atoms with Gasteiger partial charge in [-0.1, -0.05) is 0 Å². The van der Waals surface area contributed by atoms with Crippen LogP contribution in [-0.2, 0) is 4.74 Å². The van der Waals surface area contributed by atoms with E-state index in [-0.39, 0.29) is 5.59 Å². The fourth-order valence-corrected chi connectivity index (χ4v) is 1.54. The standard InChI is InChI=1S/C10H10BNO4/c1-16-10(13)6-2-3-8-7(4-6)5-9(12-8)11(14)15/h2-5,12,14-15H,1H3. The van der Waals surface area contributed by atoms with E-state index in [1.807, 2.05) is 0 Å².